The van der Waals surface area contributed by atoms with E-state index in [-0.39, 0.29) is 6.04 Å². The highest BCUT2D eigenvalue weighted by atomic mass is 79.9. The fraction of sp³-hybridized carbons (Fsp3) is 0.133. The summed E-state index contributed by atoms with van der Waals surface area (Å²) in [5, 5.41) is 7.33. The first-order chi connectivity index (χ1) is 9.65. The molecule has 2 nitrogen and oxygen atoms in total. The molecule has 0 saturated carbocycles. The number of halogens is 2. The highest BCUT2D eigenvalue weighted by Crippen LogP contribution is 2.33. The third-order valence-electron chi connectivity index (χ3n) is 3.08. The molecule has 3 rings (SSSR count). The van der Waals surface area contributed by atoms with Crippen molar-refractivity contribution in [3.63, 3.8) is 0 Å². The van der Waals surface area contributed by atoms with Crippen LogP contribution in [0.15, 0.2) is 46.4 Å². The number of fused-ring (bicyclic) bond motifs is 1. The smallest absolute Gasteiger partial charge is 0.0934 e. The maximum absolute atomic E-state index is 6.19. The largest absolute Gasteiger partial charge is 0.376 e. The number of aromatic nitrogens is 1. The van der Waals surface area contributed by atoms with E-state index in [1.165, 1.54) is 4.88 Å². The van der Waals surface area contributed by atoms with Gasteiger partial charge >= 0.3 is 0 Å². The van der Waals surface area contributed by atoms with E-state index in [4.69, 9.17) is 11.6 Å². The maximum Gasteiger partial charge on any atom is 0.0934 e. The number of benzene rings is 1. The highest BCUT2D eigenvalue weighted by molar-refractivity contribution is 9.10. The van der Waals surface area contributed by atoms with Gasteiger partial charge in [0.1, 0.15) is 0 Å². The fourth-order valence-corrected chi connectivity index (χ4v) is 4.13. The number of hydrogen-bond acceptors (Lipinski definition) is 3. The first-order valence-corrected chi connectivity index (χ1v) is 8.24. The number of hydrogen-bond donors (Lipinski definition) is 1. The first-order valence-electron chi connectivity index (χ1n) is 6.19. The third kappa shape index (κ3) is 2.68. The summed E-state index contributed by atoms with van der Waals surface area (Å²) in [4.78, 5) is 5.71. The van der Waals surface area contributed by atoms with Crippen molar-refractivity contribution in [2.45, 2.75) is 13.0 Å². The number of nitrogens with zero attached hydrogens (tertiary/aromatic N) is 1. The van der Waals surface area contributed by atoms with E-state index in [9.17, 15) is 0 Å². The Balaban J connectivity index is 2.00. The predicted octanol–water partition coefficient (Wildman–Crippen LogP) is 5.89. The molecule has 0 saturated heterocycles. The average molecular weight is 368 g/mol. The quantitative estimate of drug-likeness (QED) is 0.624. The minimum Gasteiger partial charge on any atom is -0.376 e. The monoisotopic (exact) mass is 366 g/mol. The molecule has 2 aromatic heterocycles. The van der Waals surface area contributed by atoms with Crippen LogP contribution in [-0.2, 0) is 0 Å². The molecule has 1 unspecified atom stereocenters. The molecular formula is C15H12BrClN2S. The number of rotatable bonds is 3. The lowest BCUT2D eigenvalue weighted by atomic mass is 10.1. The van der Waals surface area contributed by atoms with Gasteiger partial charge < -0.3 is 5.32 Å². The van der Waals surface area contributed by atoms with Gasteiger partial charge in [-0.25, -0.2) is 0 Å². The average Bonchev–Trinajstić information content (AvgIpc) is 2.85. The summed E-state index contributed by atoms with van der Waals surface area (Å²) in [6.45, 7) is 2.13. The summed E-state index contributed by atoms with van der Waals surface area (Å²) >= 11 is 11.5. The van der Waals surface area contributed by atoms with Crippen LogP contribution in [0.5, 0.6) is 0 Å². The van der Waals surface area contributed by atoms with Crippen molar-refractivity contribution in [2.24, 2.45) is 0 Å². The summed E-state index contributed by atoms with van der Waals surface area (Å²) in [5.74, 6) is 0. The zero-order chi connectivity index (χ0) is 14.1. The van der Waals surface area contributed by atoms with Crippen molar-refractivity contribution in [1.82, 2.24) is 4.98 Å². The van der Waals surface area contributed by atoms with Crippen LogP contribution >= 0.6 is 38.9 Å². The molecular weight excluding hydrogens is 356 g/mol. The van der Waals surface area contributed by atoms with Crippen LogP contribution in [0.4, 0.5) is 5.69 Å². The van der Waals surface area contributed by atoms with Crippen molar-refractivity contribution in [3.05, 3.63) is 56.3 Å². The van der Waals surface area contributed by atoms with Crippen LogP contribution in [0.2, 0.25) is 5.02 Å². The van der Waals surface area contributed by atoms with Gasteiger partial charge in [0.15, 0.2) is 0 Å². The number of thiophene rings is 1. The van der Waals surface area contributed by atoms with Crippen molar-refractivity contribution < 1.29 is 0 Å². The van der Waals surface area contributed by atoms with Gasteiger partial charge in [0.05, 0.1) is 17.2 Å². The molecule has 102 valence electrons. The van der Waals surface area contributed by atoms with Crippen LogP contribution in [0.1, 0.15) is 17.8 Å². The molecule has 1 N–H and O–H groups in total. The minimum absolute atomic E-state index is 0.188. The molecule has 1 atom stereocenters. The predicted molar refractivity (Wildman–Crippen MR) is 90.8 cm³/mol. The molecule has 0 aliphatic carbocycles. The lowest BCUT2D eigenvalue weighted by Crippen LogP contribution is -2.06. The molecule has 20 heavy (non-hydrogen) atoms. The Morgan fingerprint density at radius 1 is 1.35 bits per heavy atom. The first kappa shape index (κ1) is 13.9. The van der Waals surface area contributed by atoms with E-state index in [0.717, 1.165) is 21.1 Å². The van der Waals surface area contributed by atoms with Gasteiger partial charge in [-0.1, -0.05) is 17.7 Å². The fourth-order valence-electron chi connectivity index (χ4n) is 2.18. The standard InChI is InChI=1S/C15H12BrClN2S/c1-9(15-12(16)4-6-20-15)19-13-8-11(17)7-10-3-2-5-18-14(10)13/h2-9,19H,1H3. The topological polar surface area (TPSA) is 24.9 Å². The molecule has 5 heteroatoms. The highest BCUT2D eigenvalue weighted by Gasteiger charge is 2.13. The van der Waals surface area contributed by atoms with Gasteiger partial charge in [0, 0.05) is 26.0 Å². The zero-order valence-corrected chi connectivity index (χ0v) is 13.9. The molecule has 0 spiro atoms. The van der Waals surface area contributed by atoms with Gasteiger partial charge in [-0.2, -0.15) is 0 Å². The summed E-state index contributed by atoms with van der Waals surface area (Å²) < 4.78 is 1.13. The molecule has 2 heterocycles. The Morgan fingerprint density at radius 3 is 2.95 bits per heavy atom. The molecule has 0 fully saturated rings. The van der Waals surface area contributed by atoms with Crippen molar-refractivity contribution >= 4 is 55.5 Å². The van der Waals surface area contributed by atoms with E-state index in [2.05, 4.69) is 44.6 Å². The Morgan fingerprint density at radius 2 is 2.20 bits per heavy atom. The summed E-state index contributed by atoms with van der Waals surface area (Å²) in [7, 11) is 0. The van der Waals surface area contributed by atoms with Crippen LogP contribution in [-0.4, -0.2) is 4.98 Å². The molecule has 0 radical (unpaired) electrons. The Bertz CT molecular complexity index is 756. The van der Waals surface area contributed by atoms with Gasteiger partial charge in [0.2, 0.25) is 0 Å². The Labute approximate surface area is 134 Å². The third-order valence-corrected chi connectivity index (χ3v) is 5.35. The lowest BCUT2D eigenvalue weighted by molar-refractivity contribution is 0.904. The van der Waals surface area contributed by atoms with Crippen LogP contribution in [0.25, 0.3) is 10.9 Å². The summed E-state index contributed by atoms with van der Waals surface area (Å²) in [6.07, 6.45) is 1.80. The second-order valence-electron chi connectivity index (χ2n) is 4.53. The van der Waals surface area contributed by atoms with Crippen molar-refractivity contribution in [3.8, 4) is 0 Å². The van der Waals surface area contributed by atoms with Gasteiger partial charge in [-0.3, -0.25) is 4.98 Å². The number of anilines is 1. The van der Waals surface area contributed by atoms with E-state index in [1.807, 2.05) is 24.3 Å². The normalized spacial score (nSPS) is 12.6. The molecule has 0 amide bonds. The molecule has 0 bridgehead atoms. The van der Waals surface area contributed by atoms with Crippen molar-refractivity contribution in [2.75, 3.05) is 5.32 Å². The van der Waals surface area contributed by atoms with Crippen molar-refractivity contribution in [1.29, 1.82) is 0 Å². The van der Waals surface area contributed by atoms with E-state index in [1.54, 1.807) is 17.5 Å². The zero-order valence-electron chi connectivity index (χ0n) is 10.7. The van der Waals surface area contributed by atoms with Gasteiger partial charge in [-0.15, -0.1) is 11.3 Å². The van der Waals surface area contributed by atoms with Crippen LogP contribution < -0.4 is 5.32 Å². The van der Waals surface area contributed by atoms with E-state index >= 15 is 0 Å². The number of nitrogens with one attached hydrogen (secondary N) is 1. The molecule has 3 aromatic rings. The summed E-state index contributed by atoms with van der Waals surface area (Å²) in [6, 6.07) is 10.0. The van der Waals surface area contributed by atoms with E-state index < -0.39 is 0 Å². The SMILES string of the molecule is CC(Nc1cc(Cl)cc2cccnc12)c1sccc1Br. The van der Waals surface area contributed by atoms with Gasteiger partial charge in [0.25, 0.3) is 0 Å². The second kappa shape index (κ2) is 5.72. The minimum atomic E-state index is 0.188. The molecule has 0 aliphatic heterocycles. The summed E-state index contributed by atoms with van der Waals surface area (Å²) in [5.41, 5.74) is 1.90. The number of pyridine rings is 1. The van der Waals surface area contributed by atoms with Crippen LogP contribution in [0, 0.1) is 0 Å². The lowest BCUT2D eigenvalue weighted by Gasteiger charge is -2.16. The van der Waals surface area contributed by atoms with Crippen LogP contribution in [0.3, 0.4) is 0 Å². The van der Waals surface area contributed by atoms with Gasteiger partial charge in [-0.05, 0) is 52.5 Å². The molecule has 1 aromatic carbocycles. The Kier molecular flexibility index (Phi) is 3.96. The molecule has 0 aliphatic rings. The Hall–Kier alpha value is -1.10. The second-order valence-corrected chi connectivity index (χ2v) is 6.77. The maximum atomic E-state index is 6.19. The van der Waals surface area contributed by atoms with E-state index in [0.29, 0.717) is 5.02 Å².